The minimum Gasteiger partial charge on any atom is -0.493 e. The summed E-state index contributed by atoms with van der Waals surface area (Å²) in [5.74, 6) is 2.41. The number of fused-ring (bicyclic) bond motifs is 1. The molecule has 0 saturated carbocycles. The maximum atomic E-state index is 13.0. The molecule has 0 bridgehead atoms. The lowest BCUT2D eigenvalue weighted by Crippen LogP contribution is -2.44. The van der Waals surface area contributed by atoms with Gasteiger partial charge in [-0.25, -0.2) is 4.79 Å². The van der Waals surface area contributed by atoms with Gasteiger partial charge in [0.2, 0.25) is 5.91 Å². The van der Waals surface area contributed by atoms with E-state index in [1.807, 2.05) is 18.2 Å². The molecule has 1 saturated heterocycles. The number of carbonyl (C=O) groups excluding carboxylic acids is 2. The Morgan fingerprint density at radius 2 is 1.45 bits per heavy atom. The number of ether oxygens (including phenoxy) is 4. The van der Waals surface area contributed by atoms with Crippen LogP contribution in [-0.4, -0.2) is 76.4 Å². The summed E-state index contributed by atoms with van der Waals surface area (Å²) in [6.07, 6.45) is 0.729. The Kier molecular flexibility index (Phi) is 6.48. The molecule has 33 heavy (non-hydrogen) atoms. The van der Waals surface area contributed by atoms with Gasteiger partial charge in [0.25, 0.3) is 0 Å². The van der Waals surface area contributed by atoms with Gasteiger partial charge in [-0.1, -0.05) is 0 Å². The van der Waals surface area contributed by atoms with E-state index >= 15 is 0 Å². The highest BCUT2D eigenvalue weighted by molar-refractivity contribution is 5.96. The largest absolute Gasteiger partial charge is 0.493 e. The lowest BCUT2D eigenvalue weighted by Gasteiger charge is -2.31. The standard InChI is InChI=1S/C24H29N3O6/c1-30-19-6-5-18(13-22(19)33-4)27-10-9-26(24(27)29)15-23(28)25-8-7-16-11-20(31-2)21(32-3)12-17(16)14-25/h5-6,11-13H,7-10,14-15H2,1-4H3. The molecule has 2 aromatic carbocycles. The van der Waals surface area contributed by atoms with Crippen molar-refractivity contribution in [2.75, 3.05) is 59.5 Å². The fourth-order valence-electron chi connectivity index (χ4n) is 4.32. The molecule has 2 aromatic rings. The van der Waals surface area contributed by atoms with Crippen molar-refractivity contribution in [1.82, 2.24) is 9.80 Å². The molecule has 2 heterocycles. The number of carbonyl (C=O) groups is 2. The Labute approximate surface area is 193 Å². The molecule has 9 nitrogen and oxygen atoms in total. The van der Waals surface area contributed by atoms with Gasteiger partial charge in [0.15, 0.2) is 23.0 Å². The van der Waals surface area contributed by atoms with E-state index in [-0.39, 0.29) is 18.5 Å². The van der Waals surface area contributed by atoms with Crippen LogP contribution in [0.3, 0.4) is 0 Å². The molecule has 1 fully saturated rings. The Balaban J connectivity index is 1.42. The van der Waals surface area contributed by atoms with Gasteiger partial charge in [0.05, 0.1) is 28.4 Å². The molecule has 0 N–H and O–H groups in total. The van der Waals surface area contributed by atoms with Crippen LogP contribution < -0.4 is 23.8 Å². The van der Waals surface area contributed by atoms with E-state index in [2.05, 4.69) is 0 Å². The monoisotopic (exact) mass is 455 g/mol. The molecule has 0 aliphatic carbocycles. The Hall–Kier alpha value is -3.62. The summed E-state index contributed by atoms with van der Waals surface area (Å²) in [6, 6.07) is 9.05. The highest BCUT2D eigenvalue weighted by Crippen LogP contribution is 2.34. The van der Waals surface area contributed by atoms with E-state index in [0.29, 0.717) is 54.9 Å². The van der Waals surface area contributed by atoms with Crippen LogP contribution in [0.5, 0.6) is 23.0 Å². The van der Waals surface area contributed by atoms with Crippen molar-refractivity contribution in [3.63, 3.8) is 0 Å². The van der Waals surface area contributed by atoms with Crippen molar-refractivity contribution in [2.45, 2.75) is 13.0 Å². The summed E-state index contributed by atoms with van der Waals surface area (Å²) in [4.78, 5) is 31.1. The van der Waals surface area contributed by atoms with E-state index in [1.165, 1.54) is 0 Å². The molecule has 0 aromatic heterocycles. The van der Waals surface area contributed by atoms with E-state index in [4.69, 9.17) is 18.9 Å². The number of benzene rings is 2. The quantitative estimate of drug-likeness (QED) is 0.638. The normalized spacial score (nSPS) is 15.4. The molecule has 2 aliphatic heterocycles. The predicted octanol–water partition coefficient (Wildman–Crippen LogP) is 2.55. The van der Waals surface area contributed by atoms with Gasteiger partial charge < -0.3 is 28.7 Å². The van der Waals surface area contributed by atoms with Crippen LogP contribution in [0.4, 0.5) is 10.5 Å². The summed E-state index contributed by atoms with van der Waals surface area (Å²) in [7, 11) is 6.33. The Bertz CT molecular complexity index is 1060. The predicted molar refractivity (Wildman–Crippen MR) is 123 cm³/mol. The first-order valence-electron chi connectivity index (χ1n) is 10.8. The third kappa shape index (κ3) is 4.35. The number of hydrogen-bond donors (Lipinski definition) is 0. The van der Waals surface area contributed by atoms with Crippen molar-refractivity contribution in [2.24, 2.45) is 0 Å². The van der Waals surface area contributed by atoms with Gasteiger partial charge in [-0.3, -0.25) is 9.69 Å². The third-order valence-corrected chi connectivity index (χ3v) is 6.17. The number of anilines is 1. The van der Waals surface area contributed by atoms with Crippen LogP contribution in [0.25, 0.3) is 0 Å². The zero-order chi connectivity index (χ0) is 23.5. The lowest BCUT2D eigenvalue weighted by molar-refractivity contribution is -0.132. The molecule has 4 rings (SSSR count). The van der Waals surface area contributed by atoms with Crippen LogP contribution in [0.2, 0.25) is 0 Å². The van der Waals surface area contributed by atoms with Gasteiger partial charge in [0, 0.05) is 37.9 Å². The van der Waals surface area contributed by atoms with Gasteiger partial charge in [-0.05, 0) is 41.8 Å². The van der Waals surface area contributed by atoms with Gasteiger partial charge in [-0.15, -0.1) is 0 Å². The van der Waals surface area contributed by atoms with Crippen LogP contribution in [0.15, 0.2) is 30.3 Å². The first kappa shape index (κ1) is 22.6. The van der Waals surface area contributed by atoms with Crippen molar-refractivity contribution < 1.29 is 28.5 Å². The van der Waals surface area contributed by atoms with E-state index in [1.54, 1.807) is 55.3 Å². The summed E-state index contributed by atoms with van der Waals surface area (Å²) < 4.78 is 21.4. The van der Waals surface area contributed by atoms with Crippen molar-refractivity contribution in [1.29, 1.82) is 0 Å². The average molecular weight is 456 g/mol. The summed E-state index contributed by atoms with van der Waals surface area (Å²) in [5.41, 5.74) is 2.89. The number of hydrogen-bond acceptors (Lipinski definition) is 6. The van der Waals surface area contributed by atoms with Crippen LogP contribution in [0, 0.1) is 0 Å². The van der Waals surface area contributed by atoms with Crippen molar-refractivity contribution >= 4 is 17.6 Å². The zero-order valence-corrected chi connectivity index (χ0v) is 19.4. The SMILES string of the molecule is COc1ccc(N2CCN(CC(=O)N3CCc4cc(OC)c(OC)cc4C3)C2=O)cc1OC. The van der Waals surface area contributed by atoms with Crippen LogP contribution in [-0.2, 0) is 17.8 Å². The second-order valence-corrected chi connectivity index (χ2v) is 7.94. The second kappa shape index (κ2) is 9.48. The summed E-state index contributed by atoms with van der Waals surface area (Å²) in [6.45, 7) is 2.11. The zero-order valence-electron chi connectivity index (χ0n) is 19.4. The first-order valence-corrected chi connectivity index (χ1v) is 10.8. The molecule has 9 heteroatoms. The van der Waals surface area contributed by atoms with E-state index in [9.17, 15) is 9.59 Å². The first-order chi connectivity index (χ1) is 16.0. The fourth-order valence-corrected chi connectivity index (χ4v) is 4.32. The van der Waals surface area contributed by atoms with E-state index in [0.717, 1.165) is 17.5 Å². The van der Waals surface area contributed by atoms with Crippen molar-refractivity contribution in [3.8, 4) is 23.0 Å². The maximum absolute atomic E-state index is 13.0. The highest BCUT2D eigenvalue weighted by Gasteiger charge is 2.33. The molecule has 176 valence electrons. The minimum atomic E-state index is -0.195. The Morgan fingerprint density at radius 1 is 0.818 bits per heavy atom. The number of urea groups is 1. The molecular formula is C24H29N3O6. The molecule has 0 radical (unpaired) electrons. The summed E-state index contributed by atoms with van der Waals surface area (Å²) in [5, 5.41) is 0. The molecule has 2 aliphatic rings. The van der Waals surface area contributed by atoms with Gasteiger partial charge >= 0.3 is 6.03 Å². The smallest absolute Gasteiger partial charge is 0.325 e. The average Bonchev–Trinajstić information content (AvgIpc) is 3.21. The van der Waals surface area contributed by atoms with Crippen LogP contribution >= 0.6 is 0 Å². The van der Waals surface area contributed by atoms with Crippen LogP contribution in [0.1, 0.15) is 11.1 Å². The maximum Gasteiger partial charge on any atom is 0.325 e. The molecule has 0 unspecified atom stereocenters. The lowest BCUT2D eigenvalue weighted by atomic mass is 9.98. The number of amides is 3. The highest BCUT2D eigenvalue weighted by atomic mass is 16.5. The summed E-state index contributed by atoms with van der Waals surface area (Å²) >= 11 is 0. The van der Waals surface area contributed by atoms with E-state index < -0.39 is 0 Å². The molecule has 0 atom stereocenters. The number of rotatable bonds is 7. The topological polar surface area (TPSA) is 80.8 Å². The van der Waals surface area contributed by atoms with Gasteiger partial charge in [-0.2, -0.15) is 0 Å². The third-order valence-electron chi connectivity index (χ3n) is 6.17. The fraction of sp³-hybridized carbons (Fsp3) is 0.417. The van der Waals surface area contributed by atoms with Gasteiger partial charge in [0.1, 0.15) is 6.54 Å². The minimum absolute atomic E-state index is 0.0469. The number of nitrogens with zero attached hydrogens (tertiary/aromatic N) is 3. The second-order valence-electron chi connectivity index (χ2n) is 7.94. The molecule has 3 amide bonds. The Morgan fingerprint density at radius 3 is 2.12 bits per heavy atom. The molecular weight excluding hydrogens is 426 g/mol. The van der Waals surface area contributed by atoms with Crippen molar-refractivity contribution in [3.05, 3.63) is 41.5 Å². The molecule has 0 spiro atoms. The number of methoxy groups -OCH3 is 4.